The zero-order valence-corrected chi connectivity index (χ0v) is 11.2. The van der Waals surface area contributed by atoms with E-state index in [1.165, 1.54) is 12.4 Å². The average Bonchev–Trinajstić information content (AvgIpc) is 3.33. The van der Waals surface area contributed by atoms with E-state index in [0.717, 1.165) is 12.8 Å². The number of hydrogen-bond donors (Lipinski definition) is 2. The molecule has 1 aromatic heterocycles. The van der Waals surface area contributed by atoms with Crippen LogP contribution in [0.2, 0.25) is 0 Å². The summed E-state index contributed by atoms with van der Waals surface area (Å²) in [5.41, 5.74) is 1.56. The van der Waals surface area contributed by atoms with Gasteiger partial charge < -0.3 is 10.6 Å². The molecule has 1 aromatic carbocycles. The average molecular weight is 279 g/mol. The minimum absolute atomic E-state index is 0.280. The molecule has 3 rings (SSSR count). The molecule has 0 spiro atoms. The van der Waals surface area contributed by atoms with Crippen LogP contribution in [0.3, 0.4) is 0 Å². The first kappa shape index (κ1) is 13.1. The second-order valence-corrected chi connectivity index (χ2v) is 4.86. The lowest BCUT2D eigenvalue weighted by atomic mass is 10.2. The van der Waals surface area contributed by atoms with Crippen LogP contribution in [0, 0.1) is 11.3 Å². The van der Waals surface area contributed by atoms with E-state index in [1.54, 1.807) is 24.3 Å². The number of nitrogens with one attached hydrogen (secondary N) is 2. The molecule has 0 unspecified atom stereocenters. The predicted molar refractivity (Wildman–Crippen MR) is 77.8 cm³/mol. The molecule has 2 aromatic rings. The highest BCUT2D eigenvalue weighted by Gasteiger charge is 2.21. The third kappa shape index (κ3) is 3.34. The maximum absolute atomic E-state index is 12.0. The number of nitrogens with zero attached hydrogens (tertiary/aromatic N) is 3. The molecule has 1 aliphatic rings. The number of carbonyl (C=O) groups is 1. The summed E-state index contributed by atoms with van der Waals surface area (Å²) in [5, 5.41) is 14.6. The van der Waals surface area contributed by atoms with Crippen LogP contribution in [0.1, 0.15) is 28.8 Å². The highest BCUT2D eigenvalue weighted by atomic mass is 16.1. The molecule has 2 N–H and O–H groups in total. The fraction of sp³-hybridized carbons (Fsp3) is 0.200. The SMILES string of the molecule is N#Cc1ccc(NC(=O)c2cnc(NC3CC3)nc2)cc1. The van der Waals surface area contributed by atoms with Crippen molar-refractivity contribution in [3.63, 3.8) is 0 Å². The van der Waals surface area contributed by atoms with Crippen molar-refractivity contribution in [3.8, 4) is 6.07 Å². The number of hydrogen-bond acceptors (Lipinski definition) is 5. The molecule has 1 saturated carbocycles. The van der Waals surface area contributed by atoms with Gasteiger partial charge in [-0.2, -0.15) is 5.26 Å². The van der Waals surface area contributed by atoms with Gasteiger partial charge in [0.25, 0.3) is 5.91 Å². The summed E-state index contributed by atoms with van der Waals surface area (Å²) in [4.78, 5) is 20.3. The largest absolute Gasteiger partial charge is 0.351 e. The molecule has 6 nitrogen and oxygen atoms in total. The molecule has 1 aliphatic carbocycles. The monoisotopic (exact) mass is 279 g/mol. The van der Waals surface area contributed by atoms with Gasteiger partial charge in [0.05, 0.1) is 17.2 Å². The molecule has 0 radical (unpaired) electrons. The molecule has 0 aliphatic heterocycles. The van der Waals surface area contributed by atoms with Gasteiger partial charge in [-0.15, -0.1) is 0 Å². The Morgan fingerprint density at radius 2 is 1.86 bits per heavy atom. The molecule has 1 heterocycles. The number of rotatable bonds is 4. The standard InChI is InChI=1S/C15H13N5O/c16-7-10-1-3-12(4-2-10)19-14(21)11-8-17-15(18-9-11)20-13-5-6-13/h1-4,8-9,13H,5-6H2,(H,19,21)(H,17,18,20). The predicted octanol–water partition coefficient (Wildman–Crippen LogP) is 2.17. The minimum atomic E-state index is -0.280. The van der Waals surface area contributed by atoms with Gasteiger partial charge >= 0.3 is 0 Å². The van der Waals surface area contributed by atoms with Gasteiger partial charge in [-0.1, -0.05) is 0 Å². The Morgan fingerprint density at radius 1 is 1.19 bits per heavy atom. The number of anilines is 2. The third-order valence-electron chi connectivity index (χ3n) is 3.10. The second-order valence-electron chi connectivity index (χ2n) is 4.86. The van der Waals surface area contributed by atoms with E-state index in [1.807, 2.05) is 6.07 Å². The Hall–Kier alpha value is -2.94. The lowest BCUT2D eigenvalue weighted by Gasteiger charge is -2.06. The first-order chi connectivity index (χ1) is 10.2. The summed E-state index contributed by atoms with van der Waals surface area (Å²) in [6.07, 6.45) is 5.28. The third-order valence-corrected chi connectivity index (χ3v) is 3.10. The van der Waals surface area contributed by atoms with Crippen LogP contribution >= 0.6 is 0 Å². The van der Waals surface area contributed by atoms with Crippen molar-refractivity contribution in [1.82, 2.24) is 9.97 Å². The maximum atomic E-state index is 12.0. The van der Waals surface area contributed by atoms with Gasteiger partial charge in [0.15, 0.2) is 0 Å². The lowest BCUT2D eigenvalue weighted by molar-refractivity contribution is 0.102. The van der Waals surface area contributed by atoms with Crippen molar-refractivity contribution in [2.45, 2.75) is 18.9 Å². The van der Waals surface area contributed by atoms with Gasteiger partial charge in [-0.3, -0.25) is 4.79 Å². The molecule has 0 saturated heterocycles. The highest BCUT2D eigenvalue weighted by molar-refractivity contribution is 6.03. The van der Waals surface area contributed by atoms with Crippen molar-refractivity contribution < 1.29 is 4.79 Å². The van der Waals surface area contributed by atoms with Crippen LogP contribution in [-0.4, -0.2) is 21.9 Å². The zero-order valence-electron chi connectivity index (χ0n) is 11.2. The number of aromatic nitrogens is 2. The Morgan fingerprint density at radius 3 is 2.43 bits per heavy atom. The van der Waals surface area contributed by atoms with E-state index >= 15 is 0 Å². The molecule has 1 amide bonds. The Labute approximate surface area is 121 Å². The number of benzene rings is 1. The van der Waals surface area contributed by atoms with Gasteiger partial charge in [0, 0.05) is 24.1 Å². The van der Waals surface area contributed by atoms with Crippen molar-refractivity contribution in [2.24, 2.45) is 0 Å². The fourth-order valence-electron chi connectivity index (χ4n) is 1.76. The zero-order chi connectivity index (χ0) is 14.7. The molecule has 1 fully saturated rings. The number of nitriles is 1. The van der Waals surface area contributed by atoms with E-state index < -0.39 is 0 Å². The smallest absolute Gasteiger partial charge is 0.258 e. The molecule has 6 heteroatoms. The van der Waals surface area contributed by atoms with E-state index in [4.69, 9.17) is 5.26 Å². The van der Waals surface area contributed by atoms with Crippen molar-refractivity contribution in [2.75, 3.05) is 10.6 Å². The Bertz CT molecular complexity index is 683. The molecule has 0 bridgehead atoms. The van der Waals surface area contributed by atoms with Crippen molar-refractivity contribution in [1.29, 1.82) is 5.26 Å². The van der Waals surface area contributed by atoms with Crippen LogP contribution in [0.15, 0.2) is 36.7 Å². The van der Waals surface area contributed by atoms with Gasteiger partial charge in [-0.05, 0) is 37.1 Å². The normalized spacial score (nSPS) is 13.3. The maximum Gasteiger partial charge on any atom is 0.258 e. The number of amides is 1. The summed E-state index contributed by atoms with van der Waals surface area (Å²) >= 11 is 0. The molecular weight excluding hydrogens is 266 g/mol. The van der Waals surface area contributed by atoms with E-state index in [9.17, 15) is 4.79 Å². The van der Waals surface area contributed by atoms with Crippen LogP contribution in [0.25, 0.3) is 0 Å². The topological polar surface area (TPSA) is 90.7 Å². The molecular formula is C15H13N5O. The van der Waals surface area contributed by atoms with Gasteiger partial charge in [0.2, 0.25) is 5.95 Å². The summed E-state index contributed by atoms with van der Waals surface area (Å²) < 4.78 is 0. The summed E-state index contributed by atoms with van der Waals surface area (Å²) in [6.45, 7) is 0. The highest BCUT2D eigenvalue weighted by Crippen LogP contribution is 2.22. The van der Waals surface area contributed by atoms with E-state index in [0.29, 0.717) is 28.8 Å². The van der Waals surface area contributed by atoms with Crippen LogP contribution in [-0.2, 0) is 0 Å². The summed E-state index contributed by atoms with van der Waals surface area (Å²) in [5.74, 6) is 0.269. The Kier molecular flexibility index (Phi) is 3.48. The molecule has 104 valence electrons. The van der Waals surface area contributed by atoms with E-state index in [-0.39, 0.29) is 5.91 Å². The first-order valence-corrected chi connectivity index (χ1v) is 6.65. The molecule has 0 atom stereocenters. The van der Waals surface area contributed by atoms with Crippen molar-refractivity contribution >= 4 is 17.5 Å². The number of carbonyl (C=O) groups excluding carboxylic acids is 1. The summed E-state index contributed by atoms with van der Waals surface area (Å²) in [6, 6.07) is 9.16. The second kappa shape index (κ2) is 5.59. The van der Waals surface area contributed by atoms with Crippen LogP contribution in [0.5, 0.6) is 0 Å². The summed E-state index contributed by atoms with van der Waals surface area (Å²) in [7, 11) is 0. The van der Waals surface area contributed by atoms with E-state index in [2.05, 4.69) is 20.6 Å². The van der Waals surface area contributed by atoms with Crippen molar-refractivity contribution in [3.05, 3.63) is 47.8 Å². The van der Waals surface area contributed by atoms with Crippen LogP contribution in [0.4, 0.5) is 11.6 Å². The minimum Gasteiger partial charge on any atom is -0.351 e. The lowest BCUT2D eigenvalue weighted by Crippen LogP contribution is -2.13. The van der Waals surface area contributed by atoms with Gasteiger partial charge in [0.1, 0.15) is 0 Å². The quantitative estimate of drug-likeness (QED) is 0.895. The fourth-order valence-corrected chi connectivity index (χ4v) is 1.76. The first-order valence-electron chi connectivity index (χ1n) is 6.65. The van der Waals surface area contributed by atoms with Gasteiger partial charge in [-0.25, -0.2) is 9.97 Å². The Balaban J connectivity index is 1.64. The molecule has 21 heavy (non-hydrogen) atoms. The van der Waals surface area contributed by atoms with Crippen LogP contribution < -0.4 is 10.6 Å².